The van der Waals surface area contributed by atoms with Gasteiger partial charge in [0.05, 0.1) is 6.10 Å². The van der Waals surface area contributed by atoms with Crippen molar-refractivity contribution in [3.63, 3.8) is 0 Å². The summed E-state index contributed by atoms with van der Waals surface area (Å²) in [5.41, 5.74) is 0. The lowest BCUT2D eigenvalue weighted by molar-refractivity contribution is -0.0352. The molecule has 1 fully saturated rings. The molecule has 0 unspecified atom stereocenters. The Hall–Kier alpha value is -0.480. The lowest BCUT2D eigenvalue weighted by Crippen LogP contribution is -2.29. The molecule has 0 aliphatic carbocycles. The van der Waals surface area contributed by atoms with E-state index in [9.17, 15) is 0 Å². The van der Waals surface area contributed by atoms with Crippen molar-refractivity contribution < 1.29 is 4.74 Å². The van der Waals surface area contributed by atoms with Gasteiger partial charge in [-0.15, -0.1) is 12.3 Å². The van der Waals surface area contributed by atoms with E-state index in [-0.39, 0.29) is 0 Å². The van der Waals surface area contributed by atoms with Crippen molar-refractivity contribution in [3.8, 4) is 12.3 Å². The molecule has 0 amide bonds. The van der Waals surface area contributed by atoms with Gasteiger partial charge in [0.25, 0.3) is 0 Å². The Balaban J connectivity index is 2.09. The van der Waals surface area contributed by atoms with Crippen LogP contribution < -0.4 is 0 Å². The van der Waals surface area contributed by atoms with Gasteiger partial charge < -0.3 is 4.74 Å². The van der Waals surface area contributed by atoms with E-state index < -0.39 is 0 Å². The largest absolute Gasteiger partial charge is 0.378 e. The maximum absolute atomic E-state index is 6.06. The molecule has 1 heteroatoms. The van der Waals surface area contributed by atoms with E-state index in [2.05, 4.69) is 12.8 Å². The second-order valence-corrected chi connectivity index (χ2v) is 6.67. The second-order valence-electron chi connectivity index (χ2n) is 6.67. The first-order valence-electron chi connectivity index (χ1n) is 9.43. The van der Waals surface area contributed by atoms with Crippen molar-refractivity contribution >= 4 is 0 Å². The first kappa shape index (κ1) is 18.6. The number of unbranched alkanes of at least 4 members (excludes halogenated alkanes) is 8. The molecule has 1 nitrogen and oxygen atoms in total. The highest BCUT2D eigenvalue weighted by atomic mass is 16.5. The highest BCUT2D eigenvalue weighted by Gasteiger charge is 2.24. The predicted octanol–water partition coefficient (Wildman–Crippen LogP) is 6.12. The molecule has 0 bridgehead atoms. The summed E-state index contributed by atoms with van der Waals surface area (Å²) < 4.78 is 6.06. The monoisotopic (exact) mass is 292 g/mol. The van der Waals surface area contributed by atoms with Crippen molar-refractivity contribution in [3.05, 3.63) is 0 Å². The molecule has 0 spiro atoms. The molecule has 21 heavy (non-hydrogen) atoms. The Morgan fingerprint density at radius 2 is 1.67 bits per heavy atom. The van der Waals surface area contributed by atoms with E-state index in [4.69, 9.17) is 11.2 Å². The van der Waals surface area contributed by atoms with E-state index in [1.807, 2.05) is 0 Å². The van der Waals surface area contributed by atoms with Crippen LogP contribution in [0.5, 0.6) is 0 Å². The van der Waals surface area contributed by atoms with Gasteiger partial charge in [-0.25, -0.2) is 0 Å². The summed E-state index contributed by atoms with van der Waals surface area (Å²) in [5.74, 6) is 3.56. The van der Waals surface area contributed by atoms with Crippen LogP contribution in [0.4, 0.5) is 0 Å². The van der Waals surface area contributed by atoms with Crippen LogP contribution in [0.15, 0.2) is 0 Å². The number of hydrogen-bond acceptors (Lipinski definition) is 1. The highest BCUT2D eigenvalue weighted by Crippen LogP contribution is 2.29. The molecule has 0 aromatic heterocycles. The smallest absolute Gasteiger partial charge is 0.0603 e. The van der Waals surface area contributed by atoms with Gasteiger partial charge in [-0.1, -0.05) is 58.3 Å². The number of ether oxygens (including phenoxy) is 1. The van der Waals surface area contributed by atoms with Gasteiger partial charge in [-0.2, -0.15) is 0 Å². The van der Waals surface area contributed by atoms with E-state index in [0.717, 1.165) is 18.9 Å². The fourth-order valence-corrected chi connectivity index (χ4v) is 3.49. The molecule has 0 aromatic rings. The molecule has 1 aliphatic rings. The molecule has 0 N–H and O–H groups in total. The Morgan fingerprint density at radius 3 is 2.48 bits per heavy atom. The Kier molecular flexibility index (Phi) is 11.7. The van der Waals surface area contributed by atoms with Crippen LogP contribution in [-0.4, -0.2) is 12.7 Å². The molecule has 0 saturated carbocycles. The molecule has 1 aliphatic heterocycles. The van der Waals surface area contributed by atoms with Gasteiger partial charge in [0.1, 0.15) is 0 Å². The minimum atomic E-state index is 0.553. The van der Waals surface area contributed by atoms with Crippen molar-refractivity contribution in [1.29, 1.82) is 0 Å². The van der Waals surface area contributed by atoms with E-state index in [1.165, 1.54) is 83.5 Å². The van der Waals surface area contributed by atoms with Crippen molar-refractivity contribution in [2.45, 2.75) is 103 Å². The first-order valence-corrected chi connectivity index (χ1v) is 9.43. The molecule has 0 radical (unpaired) electrons. The third kappa shape index (κ3) is 9.20. The standard InChI is InChI=1S/C20H36O/c1-3-5-7-9-11-13-17-20-19(16-14-18-21-20)15-12-10-8-6-4-2/h2,19-20H,3,5-18H2,1H3/t19-,20+/m0/s1. The van der Waals surface area contributed by atoms with Crippen LogP contribution in [-0.2, 0) is 4.74 Å². The molecular formula is C20H36O. The number of rotatable bonds is 12. The zero-order valence-electron chi connectivity index (χ0n) is 14.2. The Morgan fingerprint density at radius 1 is 0.952 bits per heavy atom. The molecule has 122 valence electrons. The first-order chi connectivity index (χ1) is 10.4. The average Bonchev–Trinajstić information content (AvgIpc) is 2.52. The fourth-order valence-electron chi connectivity index (χ4n) is 3.49. The maximum atomic E-state index is 6.06. The summed E-state index contributed by atoms with van der Waals surface area (Å²) in [6, 6.07) is 0. The molecule has 1 rings (SSSR count). The van der Waals surface area contributed by atoms with Gasteiger partial charge in [0.15, 0.2) is 0 Å². The molecular weight excluding hydrogens is 256 g/mol. The fraction of sp³-hybridized carbons (Fsp3) is 0.900. The van der Waals surface area contributed by atoms with Crippen molar-refractivity contribution in [2.75, 3.05) is 6.61 Å². The van der Waals surface area contributed by atoms with Crippen LogP contribution in [0.3, 0.4) is 0 Å². The summed E-state index contributed by atoms with van der Waals surface area (Å²) in [6.45, 7) is 3.28. The summed E-state index contributed by atoms with van der Waals surface area (Å²) in [4.78, 5) is 0. The number of terminal acetylenes is 1. The van der Waals surface area contributed by atoms with Gasteiger partial charge >= 0.3 is 0 Å². The normalized spacial score (nSPS) is 22.1. The maximum Gasteiger partial charge on any atom is 0.0603 e. The van der Waals surface area contributed by atoms with Gasteiger partial charge in [-0.3, -0.25) is 0 Å². The minimum Gasteiger partial charge on any atom is -0.378 e. The van der Waals surface area contributed by atoms with E-state index >= 15 is 0 Å². The molecule has 1 saturated heterocycles. The van der Waals surface area contributed by atoms with Crippen LogP contribution in [0.25, 0.3) is 0 Å². The van der Waals surface area contributed by atoms with Gasteiger partial charge in [0.2, 0.25) is 0 Å². The van der Waals surface area contributed by atoms with Crippen LogP contribution in [0.2, 0.25) is 0 Å². The topological polar surface area (TPSA) is 9.23 Å². The summed E-state index contributed by atoms with van der Waals surface area (Å²) >= 11 is 0. The molecule has 0 aromatic carbocycles. The van der Waals surface area contributed by atoms with E-state index in [1.54, 1.807) is 0 Å². The van der Waals surface area contributed by atoms with Crippen LogP contribution in [0.1, 0.15) is 96.8 Å². The van der Waals surface area contributed by atoms with Crippen LogP contribution >= 0.6 is 0 Å². The summed E-state index contributed by atoms with van der Waals surface area (Å²) in [5, 5.41) is 0. The van der Waals surface area contributed by atoms with E-state index in [0.29, 0.717) is 6.10 Å². The van der Waals surface area contributed by atoms with Crippen molar-refractivity contribution in [2.24, 2.45) is 5.92 Å². The Bertz CT molecular complexity index is 266. The summed E-state index contributed by atoms with van der Waals surface area (Å²) in [7, 11) is 0. The summed E-state index contributed by atoms with van der Waals surface area (Å²) in [6.07, 6.45) is 24.3. The lowest BCUT2D eigenvalue weighted by Gasteiger charge is -2.32. The third-order valence-corrected chi connectivity index (χ3v) is 4.82. The zero-order chi connectivity index (χ0) is 15.2. The second kappa shape index (κ2) is 13.2. The predicted molar refractivity (Wildman–Crippen MR) is 92.4 cm³/mol. The van der Waals surface area contributed by atoms with Gasteiger partial charge in [-0.05, 0) is 38.0 Å². The Labute approximate surface area is 133 Å². The average molecular weight is 293 g/mol. The minimum absolute atomic E-state index is 0.553. The van der Waals surface area contributed by atoms with Crippen molar-refractivity contribution in [1.82, 2.24) is 0 Å². The highest BCUT2D eigenvalue weighted by molar-refractivity contribution is 4.83. The SMILES string of the molecule is C#CCCCCC[C@H]1CCCO[C@@H]1CCCCCCCC. The quantitative estimate of drug-likeness (QED) is 0.311. The zero-order valence-corrected chi connectivity index (χ0v) is 14.2. The lowest BCUT2D eigenvalue weighted by atomic mass is 9.86. The van der Waals surface area contributed by atoms with Gasteiger partial charge in [0, 0.05) is 13.0 Å². The molecule has 1 heterocycles. The van der Waals surface area contributed by atoms with Crippen LogP contribution in [0, 0.1) is 18.3 Å². The number of hydrogen-bond donors (Lipinski definition) is 0. The third-order valence-electron chi connectivity index (χ3n) is 4.82. The molecule has 2 atom stereocenters.